The summed E-state index contributed by atoms with van der Waals surface area (Å²) in [6.45, 7) is 4.39. The number of aliphatic carboxylic acids is 1. The highest BCUT2D eigenvalue weighted by atomic mass is 32.1. The molecule has 2 rings (SSSR count). The highest BCUT2D eigenvalue weighted by Gasteiger charge is 2.18. The zero-order valence-electron chi connectivity index (χ0n) is 15.7. The Labute approximate surface area is 166 Å². The number of urea groups is 1. The number of thiophene rings is 1. The second-order valence-electron chi connectivity index (χ2n) is 6.81. The fourth-order valence-electron chi connectivity index (χ4n) is 2.69. The molecule has 9 heteroatoms. The summed E-state index contributed by atoms with van der Waals surface area (Å²) in [6, 6.07) is 7.71. The van der Waals surface area contributed by atoms with E-state index in [-0.39, 0.29) is 11.5 Å². The number of hydrogen-bond donors (Lipinski definition) is 5. The molecule has 0 aliphatic carbocycles. The SMILES string of the molecule is CC(C)C[C@H](NCc1ccc(-c2cc(C(N)=O)c(NC(N)=O)s2)cc1)C(=O)O. The van der Waals surface area contributed by atoms with Gasteiger partial charge in [-0.25, -0.2) is 4.79 Å². The van der Waals surface area contributed by atoms with Crippen molar-refractivity contribution in [2.75, 3.05) is 5.32 Å². The van der Waals surface area contributed by atoms with Crippen molar-refractivity contribution in [3.8, 4) is 10.4 Å². The number of benzene rings is 1. The van der Waals surface area contributed by atoms with Gasteiger partial charge in [0.05, 0.1) is 5.56 Å². The van der Waals surface area contributed by atoms with Gasteiger partial charge >= 0.3 is 12.0 Å². The lowest BCUT2D eigenvalue weighted by Gasteiger charge is -2.16. The third kappa shape index (κ3) is 5.80. The molecule has 0 saturated heterocycles. The van der Waals surface area contributed by atoms with Crippen LogP contribution in [0, 0.1) is 5.92 Å². The number of primary amides is 2. The number of hydrogen-bond acceptors (Lipinski definition) is 5. The maximum Gasteiger partial charge on any atom is 0.320 e. The van der Waals surface area contributed by atoms with E-state index in [1.807, 2.05) is 38.1 Å². The molecule has 2 aromatic rings. The van der Waals surface area contributed by atoms with Crippen LogP contribution in [0.4, 0.5) is 9.80 Å². The van der Waals surface area contributed by atoms with Crippen LogP contribution >= 0.6 is 11.3 Å². The minimum absolute atomic E-state index is 0.197. The quantitative estimate of drug-likeness (QED) is 0.436. The molecule has 28 heavy (non-hydrogen) atoms. The molecule has 0 saturated carbocycles. The van der Waals surface area contributed by atoms with Crippen molar-refractivity contribution in [1.29, 1.82) is 0 Å². The van der Waals surface area contributed by atoms with Crippen LogP contribution in [0.1, 0.15) is 36.2 Å². The number of nitrogens with two attached hydrogens (primary N) is 2. The standard InChI is InChI=1S/C19H24N4O4S/c1-10(2)7-14(18(25)26)22-9-11-3-5-12(6-4-11)15-8-13(16(20)24)17(28-15)23-19(21)27/h3-6,8,10,14,22H,7,9H2,1-2H3,(H2,20,24)(H,25,26)(H3,21,23,27)/t14-/m0/s1. The van der Waals surface area contributed by atoms with Gasteiger partial charge < -0.3 is 21.9 Å². The third-order valence-electron chi connectivity index (χ3n) is 4.03. The maximum absolute atomic E-state index is 11.6. The van der Waals surface area contributed by atoms with Gasteiger partial charge in [-0.1, -0.05) is 38.1 Å². The highest BCUT2D eigenvalue weighted by Crippen LogP contribution is 2.35. The second-order valence-corrected chi connectivity index (χ2v) is 7.86. The zero-order valence-corrected chi connectivity index (χ0v) is 16.5. The average Bonchev–Trinajstić information content (AvgIpc) is 3.02. The lowest BCUT2D eigenvalue weighted by Crippen LogP contribution is -2.37. The van der Waals surface area contributed by atoms with Gasteiger partial charge in [-0.3, -0.25) is 14.9 Å². The topological polar surface area (TPSA) is 148 Å². The van der Waals surface area contributed by atoms with Crippen molar-refractivity contribution < 1.29 is 19.5 Å². The number of carboxylic acid groups (broad SMARTS) is 1. The number of carbonyl (C=O) groups excluding carboxylic acids is 2. The highest BCUT2D eigenvalue weighted by molar-refractivity contribution is 7.20. The predicted molar refractivity (Wildman–Crippen MR) is 109 cm³/mol. The monoisotopic (exact) mass is 404 g/mol. The molecule has 1 heterocycles. The van der Waals surface area contributed by atoms with E-state index in [9.17, 15) is 19.5 Å². The van der Waals surface area contributed by atoms with Gasteiger partial charge in [0.2, 0.25) is 0 Å². The predicted octanol–water partition coefficient (Wildman–Crippen LogP) is 2.59. The Balaban J connectivity index is 2.13. The van der Waals surface area contributed by atoms with Crippen molar-refractivity contribution in [3.05, 3.63) is 41.5 Å². The van der Waals surface area contributed by atoms with Gasteiger partial charge in [0.25, 0.3) is 5.91 Å². The Bertz CT molecular complexity index is 861. The fourth-order valence-corrected chi connectivity index (χ4v) is 3.76. The van der Waals surface area contributed by atoms with Crippen molar-refractivity contribution in [2.24, 2.45) is 17.4 Å². The molecule has 1 atom stereocenters. The van der Waals surface area contributed by atoms with E-state index in [1.165, 1.54) is 11.3 Å². The molecule has 0 spiro atoms. The lowest BCUT2D eigenvalue weighted by molar-refractivity contribution is -0.140. The molecule has 0 radical (unpaired) electrons. The van der Waals surface area contributed by atoms with E-state index >= 15 is 0 Å². The molecule has 0 unspecified atom stereocenters. The van der Waals surface area contributed by atoms with Gasteiger partial charge in [-0.2, -0.15) is 0 Å². The molecule has 0 bridgehead atoms. The number of carboxylic acids is 1. The van der Waals surface area contributed by atoms with Crippen LogP contribution in [0.3, 0.4) is 0 Å². The summed E-state index contributed by atoms with van der Waals surface area (Å²) in [5.74, 6) is -1.24. The van der Waals surface area contributed by atoms with Crippen LogP contribution in [0.2, 0.25) is 0 Å². The zero-order chi connectivity index (χ0) is 20.8. The van der Waals surface area contributed by atoms with E-state index in [0.29, 0.717) is 18.0 Å². The van der Waals surface area contributed by atoms with Crippen molar-refractivity contribution in [1.82, 2.24) is 5.32 Å². The summed E-state index contributed by atoms with van der Waals surface area (Å²) in [6.07, 6.45) is 0.550. The van der Waals surface area contributed by atoms with Crippen LogP contribution in [-0.4, -0.2) is 29.1 Å². The average molecular weight is 404 g/mol. The van der Waals surface area contributed by atoms with Crippen LogP contribution in [0.15, 0.2) is 30.3 Å². The van der Waals surface area contributed by atoms with Crippen LogP contribution in [-0.2, 0) is 11.3 Å². The summed E-state index contributed by atoms with van der Waals surface area (Å²) < 4.78 is 0. The van der Waals surface area contributed by atoms with E-state index in [1.54, 1.807) is 6.07 Å². The minimum atomic E-state index is -0.864. The fraction of sp³-hybridized carbons (Fsp3) is 0.316. The molecule has 150 valence electrons. The van der Waals surface area contributed by atoms with E-state index in [2.05, 4.69) is 10.6 Å². The molecule has 0 aliphatic heterocycles. The van der Waals surface area contributed by atoms with Gasteiger partial charge in [-0.05, 0) is 29.5 Å². The summed E-state index contributed by atoms with van der Waals surface area (Å²) in [5.41, 5.74) is 12.4. The molecule has 0 fully saturated rings. The van der Waals surface area contributed by atoms with Crippen molar-refractivity contribution in [2.45, 2.75) is 32.9 Å². The summed E-state index contributed by atoms with van der Waals surface area (Å²) in [5, 5.41) is 15.1. The van der Waals surface area contributed by atoms with Gasteiger partial charge in [0.1, 0.15) is 11.0 Å². The van der Waals surface area contributed by atoms with Crippen molar-refractivity contribution in [3.63, 3.8) is 0 Å². The molecule has 8 nitrogen and oxygen atoms in total. The lowest BCUT2D eigenvalue weighted by atomic mass is 10.0. The van der Waals surface area contributed by atoms with Gasteiger partial charge in [0, 0.05) is 11.4 Å². The number of nitrogens with one attached hydrogen (secondary N) is 2. The Morgan fingerprint density at radius 1 is 1.14 bits per heavy atom. The first-order chi connectivity index (χ1) is 13.2. The molecular weight excluding hydrogens is 380 g/mol. The summed E-state index contributed by atoms with van der Waals surface area (Å²) >= 11 is 1.20. The Hall–Kier alpha value is -2.91. The normalized spacial score (nSPS) is 12.0. The van der Waals surface area contributed by atoms with Crippen LogP contribution < -0.4 is 22.1 Å². The first-order valence-corrected chi connectivity index (χ1v) is 9.54. The Kier molecular flexibility index (Phi) is 7.13. The molecule has 1 aromatic carbocycles. The van der Waals surface area contributed by atoms with Crippen molar-refractivity contribution >= 4 is 34.2 Å². The maximum atomic E-state index is 11.6. The molecule has 7 N–H and O–H groups in total. The largest absolute Gasteiger partial charge is 0.480 e. The van der Waals surface area contributed by atoms with Gasteiger partial charge in [0.15, 0.2) is 0 Å². The first-order valence-electron chi connectivity index (χ1n) is 8.73. The minimum Gasteiger partial charge on any atom is -0.480 e. The van der Waals surface area contributed by atoms with E-state index < -0.39 is 23.9 Å². The second kappa shape index (κ2) is 9.34. The van der Waals surface area contributed by atoms with E-state index in [0.717, 1.165) is 16.0 Å². The molecular formula is C19H24N4O4S. The smallest absolute Gasteiger partial charge is 0.320 e. The Morgan fingerprint density at radius 2 is 1.79 bits per heavy atom. The Morgan fingerprint density at radius 3 is 2.29 bits per heavy atom. The number of anilines is 1. The van der Waals surface area contributed by atoms with Crippen LogP contribution in [0.5, 0.6) is 0 Å². The molecule has 0 aliphatic rings. The number of rotatable bonds is 9. The number of carbonyl (C=O) groups is 3. The number of amides is 3. The van der Waals surface area contributed by atoms with Gasteiger partial charge in [-0.15, -0.1) is 11.3 Å². The molecule has 3 amide bonds. The first kappa shape index (κ1) is 21.4. The summed E-state index contributed by atoms with van der Waals surface area (Å²) in [7, 11) is 0. The third-order valence-corrected chi connectivity index (χ3v) is 5.13. The van der Waals surface area contributed by atoms with Crippen LogP contribution in [0.25, 0.3) is 10.4 Å². The van der Waals surface area contributed by atoms with E-state index in [4.69, 9.17) is 11.5 Å². The molecule has 1 aromatic heterocycles. The summed E-state index contributed by atoms with van der Waals surface area (Å²) in [4.78, 5) is 34.7.